The first-order valence-corrected chi connectivity index (χ1v) is 8.07. The molecule has 0 unspecified atom stereocenters. The van der Waals surface area contributed by atoms with Gasteiger partial charge < -0.3 is 0 Å². The third-order valence-corrected chi connectivity index (χ3v) is 4.68. The topological polar surface area (TPSA) is 47.8 Å². The predicted molar refractivity (Wildman–Crippen MR) is 91.3 cm³/mol. The van der Waals surface area contributed by atoms with Gasteiger partial charge in [0.15, 0.2) is 0 Å². The molecule has 122 valence electrons. The summed E-state index contributed by atoms with van der Waals surface area (Å²) < 4.78 is 15.2. The first-order valence-electron chi connectivity index (χ1n) is 8.07. The van der Waals surface area contributed by atoms with Gasteiger partial charge in [-0.15, -0.1) is 0 Å². The van der Waals surface area contributed by atoms with Crippen LogP contribution in [0.25, 0.3) is 22.0 Å². The average Bonchev–Trinajstić information content (AvgIpc) is 2.55. The first-order chi connectivity index (χ1) is 11.4. The van der Waals surface area contributed by atoms with E-state index in [1.165, 1.54) is 12.3 Å². The Labute approximate surface area is 139 Å². The molecular weight excluding hydrogens is 305 g/mol. The van der Waals surface area contributed by atoms with Crippen LogP contribution in [0.3, 0.4) is 0 Å². The van der Waals surface area contributed by atoms with E-state index in [2.05, 4.69) is 18.8 Å². The van der Waals surface area contributed by atoms with Gasteiger partial charge in [-0.2, -0.15) is 0 Å². The summed E-state index contributed by atoms with van der Waals surface area (Å²) in [6.45, 7) is 5.04. The Balaban J connectivity index is 1.89. The van der Waals surface area contributed by atoms with Crippen molar-refractivity contribution in [1.82, 2.24) is 14.5 Å². The van der Waals surface area contributed by atoms with Gasteiger partial charge in [-0.25, -0.2) is 9.37 Å². The van der Waals surface area contributed by atoms with E-state index in [1.54, 1.807) is 16.8 Å². The Bertz CT molecular complexity index is 1010. The molecule has 0 amide bonds. The van der Waals surface area contributed by atoms with Gasteiger partial charge in [0, 0.05) is 24.7 Å². The number of benzene rings is 1. The summed E-state index contributed by atoms with van der Waals surface area (Å²) in [5, 5.41) is 0.601. The van der Waals surface area contributed by atoms with Gasteiger partial charge in [0.1, 0.15) is 11.6 Å². The summed E-state index contributed by atoms with van der Waals surface area (Å²) in [7, 11) is 0. The largest absolute Gasteiger partial charge is 0.296 e. The molecule has 0 aliphatic carbocycles. The maximum atomic E-state index is 13.4. The Morgan fingerprint density at radius 3 is 2.79 bits per heavy atom. The fraction of sp³-hybridized carbons (Fsp3) is 0.316. The lowest BCUT2D eigenvalue weighted by atomic mass is 9.85. The van der Waals surface area contributed by atoms with E-state index < -0.39 is 0 Å². The average molecular weight is 323 g/mol. The highest BCUT2D eigenvalue weighted by Gasteiger charge is 2.27. The van der Waals surface area contributed by atoms with Gasteiger partial charge in [0.2, 0.25) is 0 Å². The maximum absolute atomic E-state index is 13.4. The summed E-state index contributed by atoms with van der Waals surface area (Å²) in [4.78, 5) is 21.4. The van der Waals surface area contributed by atoms with E-state index in [1.807, 2.05) is 12.1 Å². The number of nitrogens with zero attached hydrogens (tertiary/aromatic N) is 3. The summed E-state index contributed by atoms with van der Waals surface area (Å²) in [6.07, 6.45) is 4.59. The van der Waals surface area contributed by atoms with Crippen LogP contribution in [0.5, 0.6) is 0 Å². The van der Waals surface area contributed by atoms with Crippen molar-refractivity contribution in [2.24, 2.45) is 5.41 Å². The van der Waals surface area contributed by atoms with Crippen LogP contribution in [0.4, 0.5) is 4.39 Å². The third-order valence-electron chi connectivity index (χ3n) is 4.68. The number of aryl methyl sites for hydroxylation is 1. The molecule has 0 saturated carbocycles. The molecule has 0 saturated heterocycles. The lowest BCUT2D eigenvalue weighted by Crippen LogP contribution is -2.36. The van der Waals surface area contributed by atoms with E-state index in [-0.39, 0.29) is 16.8 Å². The molecule has 1 aliphatic heterocycles. The molecular formula is C19H18FN3O. The van der Waals surface area contributed by atoms with E-state index >= 15 is 0 Å². The van der Waals surface area contributed by atoms with Gasteiger partial charge >= 0.3 is 0 Å². The molecule has 3 heterocycles. The molecule has 0 N–H and O–H groups in total. The molecule has 4 nitrogen and oxygen atoms in total. The van der Waals surface area contributed by atoms with Crippen molar-refractivity contribution < 1.29 is 4.39 Å². The van der Waals surface area contributed by atoms with E-state index in [0.29, 0.717) is 23.0 Å². The highest BCUT2D eigenvalue weighted by atomic mass is 19.1. The van der Waals surface area contributed by atoms with Crippen molar-refractivity contribution in [1.29, 1.82) is 0 Å². The number of halogens is 1. The van der Waals surface area contributed by atoms with Gasteiger partial charge in [-0.3, -0.25) is 14.3 Å². The summed E-state index contributed by atoms with van der Waals surface area (Å²) in [6, 6.07) is 6.87. The highest BCUT2D eigenvalue weighted by Crippen LogP contribution is 2.30. The molecule has 3 aromatic rings. The standard InChI is InChI=1S/C19H18FN3O/c1-19(2)6-5-17-22-16-8-12(13-7-14(20)10-21-9-13)3-4-15(16)18(24)23(17)11-19/h3-4,7-10H,5-6,11H2,1-2H3. The Hall–Kier alpha value is -2.56. The lowest BCUT2D eigenvalue weighted by Gasteiger charge is -2.31. The zero-order valence-corrected chi connectivity index (χ0v) is 13.7. The van der Waals surface area contributed by atoms with Crippen LogP contribution >= 0.6 is 0 Å². The summed E-state index contributed by atoms with van der Waals surface area (Å²) in [5.41, 5.74) is 2.26. The van der Waals surface area contributed by atoms with Crippen molar-refractivity contribution in [3.63, 3.8) is 0 Å². The van der Waals surface area contributed by atoms with Crippen LogP contribution in [0, 0.1) is 11.2 Å². The van der Waals surface area contributed by atoms with Crippen LogP contribution in [0.15, 0.2) is 41.5 Å². The SMILES string of the molecule is CC1(C)CCc2nc3cc(-c4cncc(F)c4)ccc3c(=O)n2C1. The Morgan fingerprint density at radius 2 is 2.00 bits per heavy atom. The van der Waals surface area contributed by atoms with Crippen molar-refractivity contribution in [3.8, 4) is 11.1 Å². The number of hydrogen-bond donors (Lipinski definition) is 0. The second-order valence-electron chi connectivity index (χ2n) is 7.21. The number of aromatic nitrogens is 3. The Kier molecular flexibility index (Phi) is 3.27. The first kappa shape index (κ1) is 15.0. The van der Waals surface area contributed by atoms with Crippen LogP contribution in [-0.2, 0) is 13.0 Å². The molecule has 0 spiro atoms. The third kappa shape index (κ3) is 2.50. The van der Waals surface area contributed by atoms with E-state index in [0.717, 1.165) is 24.2 Å². The molecule has 0 fully saturated rings. The van der Waals surface area contributed by atoms with Gasteiger partial charge in [0.05, 0.1) is 17.1 Å². The minimum atomic E-state index is -0.381. The zero-order chi connectivity index (χ0) is 16.9. The smallest absolute Gasteiger partial charge is 0.261 e. The van der Waals surface area contributed by atoms with Crippen molar-refractivity contribution in [2.45, 2.75) is 33.2 Å². The fourth-order valence-electron chi connectivity index (χ4n) is 3.33. The normalized spacial score (nSPS) is 16.1. The molecule has 5 heteroatoms. The zero-order valence-electron chi connectivity index (χ0n) is 13.7. The number of fused-ring (bicyclic) bond motifs is 2. The monoisotopic (exact) mass is 323 g/mol. The molecule has 2 aromatic heterocycles. The minimum absolute atomic E-state index is 0.00620. The number of rotatable bonds is 1. The van der Waals surface area contributed by atoms with Crippen LogP contribution in [-0.4, -0.2) is 14.5 Å². The van der Waals surface area contributed by atoms with E-state index in [9.17, 15) is 9.18 Å². The molecule has 0 bridgehead atoms. The molecule has 0 radical (unpaired) electrons. The van der Waals surface area contributed by atoms with Crippen LogP contribution in [0.1, 0.15) is 26.1 Å². The Morgan fingerprint density at radius 1 is 1.17 bits per heavy atom. The fourth-order valence-corrected chi connectivity index (χ4v) is 3.33. The molecule has 1 aliphatic rings. The van der Waals surface area contributed by atoms with Crippen LogP contribution in [0.2, 0.25) is 0 Å². The van der Waals surface area contributed by atoms with Gasteiger partial charge in [-0.05, 0) is 35.6 Å². The van der Waals surface area contributed by atoms with E-state index in [4.69, 9.17) is 4.98 Å². The van der Waals surface area contributed by atoms with Crippen molar-refractivity contribution in [2.75, 3.05) is 0 Å². The second-order valence-corrected chi connectivity index (χ2v) is 7.21. The molecule has 0 atom stereocenters. The summed E-state index contributed by atoms with van der Waals surface area (Å²) in [5.74, 6) is 0.453. The van der Waals surface area contributed by atoms with Gasteiger partial charge in [-0.1, -0.05) is 19.9 Å². The molecule has 4 rings (SSSR count). The predicted octanol–water partition coefficient (Wildman–Crippen LogP) is 3.57. The van der Waals surface area contributed by atoms with Crippen LogP contribution < -0.4 is 5.56 Å². The van der Waals surface area contributed by atoms with Crippen molar-refractivity contribution >= 4 is 10.9 Å². The second kappa shape index (κ2) is 5.23. The molecule has 24 heavy (non-hydrogen) atoms. The quantitative estimate of drug-likeness (QED) is 0.688. The lowest BCUT2D eigenvalue weighted by molar-refractivity contribution is 0.240. The number of hydrogen-bond acceptors (Lipinski definition) is 3. The van der Waals surface area contributed by atoms with Crippen molar-refractivity contribution in [3.05, 3.63) is 58.7 Å². The van der Waals surface area contributed by atoms with Gasteiger partial charge in [0.25, 0.3) is 5.56 Å². The number of pyridine rings is 1. The highest BCUT2D eigenvalue weighted by molar-refractivity contribution is 5.83. The summed E-state index contributed by atoms with van der Waals surface area (Å²) >= 11 is 0. The maximum Gasteiger partial charge on any atom is 0.261 e. The minimum Gasteiger partial charge on any atom is -0.296 e. The molecule has 1 aromatic carbocycles.